The van der Waals surface area contributed by atoms with Crippen LogP contribution in [0.15, 0.2) is 36.4 Å². The van der Waals surface area contributed by atoms with Gasteiger partial charge in [0.05, 0.1) is 11.6 Å². The average Bonchev–Trinajstić information content (AvgIpc) is 2.81. The monoisotopic (exact) mass is 271 g/mol. The summed E-state index contributed by atoms with van der Waals surface area (Å²) in [6, 6.07) is 10.4. The van der Waals surface area contributed by atoms with E-state index in [9.17, 15) is 14.7 Å². The molecule has 0 aliphatic carbocycles. The second-order valence-electron chi connectivity index (χ2n) is 4.89. The molecule has 3 rings (SSSR count). The quantitative estimate of drug-likeness (QED) is 0.875. The van der Waals surface area contributed by atoms with Crippen molar-refractivity contribution in [2.24, 2.45) is 5.92 Å². The third kappa shape index (κ3) is 1.87. The van der Waals surface area contributed by atoms with E-state index >= 15 is 0 Å². The van der Waals surface area contributed by atoms with Crippen molar-refractivity contribution < 1.29 is 19.8 Å². The number of amides is 1. The molecule has 0 radical (unpaired) electrons. The number of hydrogen-bond acceptors (Lipinski definition) is 3. The van der Waals surface area contributed by atoms with Gasteiger partial charge in [0.2, 0.25) is 5.91 Å². The Morgan fingerprint density at radius 2 is 1.85 bits per heavy atom. The van der Waals surface area contributed by atoms with E-state index in [-0.39, 0.29) is 24.6 Å². The lowest BCUT2D eigenvalue weighted by Crippen LogP contribution is -2.25. The van der Waals surface area contributed by atoms with Crippen LogP contribution in [0, 0.1) is 5.92 Å². The highest BCUT2D eigenvalue weighted by molar-refractivity contribution is 6.07. The number of phenols is 1. The SMILES string of the molecule is O=C(O)C1CC(=O)N(c2cccc3c(O)cccc23)C1. The third-order valence-electron chi connectivity index (χ3n) is 3.64. The zero-order valence-corrected chi connectivity index (χ0v) is 10.6. The van der Waals surface area contributed by atoms with Crippen LogP contribution in [0.1, 0.15) is 6.42 Å². The number of carboxylic acids is 1. The van der Waals surface area contributed by atoms with Crippen LogP contribution in [0.4, 0.5) is 5.69 Å². The minimum atomic E-state index is -0.955. The van der Waals surface area contributed by atoms with Crippen molar-refractivity contribution in [1.29, 1.82) is 0 Å². The second-order valence-corrected chi connectivity index (χ2v) is 4.89. The number of hydrogen-bond donors (Lipinski definition) is 2. The molecule has 1 fully saturated rings. The standard InChI is InChI=1S/C15H13NO4/c17-13-6-2-3-10-11(13)4-1-5-12(10)16-8-9(15(19)20)7-14(16)18/h1-6,9,17H,7-8H2,(H,19,20). The molecule has 5 nitrogen and oxygen atoms in total. The molecule has 102 valence electrons. The lowest BCUT2D eigenvalue weighted by molar-refractivity contribution is -0.141. The molecule has 1 amide bonds. The minimum absolute atomic E-state index is 0.0184. The van der Waals surface area contributed by atoms with Crippen LogP contribution in [-0.4, -0.2) is 28.6 Å². The molecule has 1 atom stereocenters. The van der Waals surface area contributed by atoms with Crippen LogP contribution >= 0.6 is 0 Å². The first kappa shape index (κ1) is 12.5. The molecule has 0 spiro atoms. The third-order valence-corrected chi connectivity index (χ3v) is 3.64. The molecule has 5 heteroatoms. The molecule has 0 saturated carbocycles. The molecule has 1 saturated heterocycles. The summed E-state index contributed by atoms with van der Waals surface area (Å²) in [5, 5.41) is 20.3. The lowest BCUT2D eigenvalue weighted by Gasteiger charge is -2.18. The normalized spacial score (nSPS) is 18.7. The second kappa shape index (κ2) is 4.52. The fourth-order valence-electron chi connectivity index (χ4n) is 2.62. The maximum atomic E-state index is 12.0. The van der Waals surface area contributed by atoms with Gasteiger partial charge in [0, 0.05) is 23.7 Å². The molecule has 0 bridgehead atoms. The van der Waals surface area contributed by atoms with E-state index < -0.39 is 11.9 Å². The largest absolute Gasteiger partial charge is 0.507 e. The van der Waals surface area contributed by atoms with Crippen LogP contribution < -0.4 is 4.90 Å². The summed E-state index contributed by atoms with van der Waals surface area (Å²) in [7, 11) is 0. The van der Waals surface area contributed by atoms with Gasteiger partial charge >= 0.3 is 5.97 Å². The maximum absolute atomic E-state index is 12.0. The zero-order chi connectivity index (χ0) is 14.3. The Morgan fingerprint density at radius 3 is 2.55 bits per heavy atom. The van der Waals surface area contributed by atoms with Gasteiger partial charge in [-0.1, -0.05) is 24.3 Å². The van der Waals surface area contributed by atoms with Crippen LogP contribution in [-0.2, 0) is 9.59 Å². The van der Waals surface area contributed by atoms with E-state index in [4.69, 9.17) is 5.11 Å². The Labute approximate surface area is 115 Å². The van der Waals surface area contributed by atoms with E-state index in [1.165, 1.54) is 4.90 Å². The van der Waals surface area contributed by atoms with Crippen molar-refractivity contribution in [3.05, 3.63) is 36.4 Å². The number of rotatable bonds is 2. The number of carboxylic acid groups (broad SMARTS) is 1. The van der Waals surface area contributed by atoms with Gasteiger partial charge < -0.3 is 15.1 Å². The smallest absolute Gasteiger partial charge is 0.308 e. The molecule has 1 heterocycles. The molecular formula is C15H13NO4. The van der Waals surface area contributed by atoms with Gasteiger partial charge in [-0.05, 0) is 12.1 Å². The van der Waals surface area contributed by atoms with Gasteiger partial charge in [0.1, 0.15) is 5.75 Å². The van der Waals surface area contributed by atoms with E-state index in [0.29, 0.717) is 11.1 Å². The molecule has 2 N–H and O–H groups in total. The molecule has 2 aromatic rings. The van der Waals surface area contributed by atoms with Crippen molar-refractivity contribution in [2.75, 3.05) is 11.4 Å². The Kier molecular flexibility index (Phi) is 2.82. The minimum Gasteiger partial charge on any atom is -0.507 e. The summed E-state index contributed by atoms with van der Waals surface area (Å²) in [4.78, 5) is 24.5. The number of phenolic OH excluding ortho intramolecular Hbond substituents is 1. The van der Waals surface area contributed by atoms with Gasteiger partial charge in [-0.2, -0.15) is 0 Å². The van der Waals surface area contributed by atoms with E-state index in [0.717, 1.165) is 5.39 Å². The Morgan fingerprint density at radius 1 is 1.15 bits per heavy atom. The lowest BCUT2D eigenvalue weighted by atomic mass is 10.1. The van der Waals surface area contributed by atoms with Crippen LogP contribution in [0.3, 0.4) is 0 Å². The van der Waals surface area contributed by atoms with Gasteiger partial charge in [-0.15, -0.1) is 0 Å². The number of nitrogens with zero attached hydrogens (tertiary/aromatic N) is 1. The highest BCUT2D eigenvalue weighted by Gasteiger charge is 2.35. The maximum Gasteiger partial charge on any atom is 0.308 e. The summed E-state index contributed by atoms with van der Waals surface area (Å²) >= 11 is 0. The van der Waals surface area contributed by atoms with Gasteiger partial charge in [0.25, 0.3) is 0 Å². The molecule has 1 aliphatic heterocycles. The first-order chi connectivity index (χ1) is 9.58. The first-order valence-corrected chi connectivity index (χ1v) is 6.32. The molecule has 1 aliphatic rings. The summed E-state index contributed by atoms with van der Waals surface area (Å²) < 4.78 is 0. The highest BCUT2D eigenvalue weighted by atomic mass is 16.4. The number of aliphatic carboxylic acids is 1. The Hall–Kier alpha value is -2.56. The van der Waals surface area contributed by atoms with E-state index in [2.05, 4.69) is 0 Å². The van der Waals surface area contributed by atoms with E-state index in [1.807, 2.05) is 6.07 Å². The topological polar surface area (TPSA) is 77.8 Å². The summed E-state index contributed by atoms with van der Waals surface area (Å²) in [5.41, 5.74) is 0.646. The number of fused-ring (bicyclic) bond motifs is 1. The summed E-state index contributed by atoms with van der Waals surface area (Å²) in [6.45, 7) is 0.170. The Balaban J connectivity index is 2.09. The van der Waals surface area contributed by atoms with Gasteiger partial charge in [-0.25, -0.2) is 0 Å². The molecule has 2 aromatic carbocycles. The summed E-state index contributed by atoms with van der Waals surface area (Å²) in [5.74, 6) is -1.68. The first-order valence-electron chi connectivity index (χ1n) is 6.32. The Bertz CT molecular complexity index is 710. The molecule has 0 aromatic heterocycles. The predicted octanol–water partition coefficient (Wildman–Crippen LogP) is 1.98. The fourth-order valence-corrected chi connectivity index (χ4v) is 2.62. The molecular weight excluding hydrogens is 258 g/mol. The van der Waals surface area contributed by atoms with Gasteiger partial charge in [-0.3, -0.25) is 9.59 Å². The number of carbonyl (C=O) groups is 2. The molecule has 20 heavy (non-hydrogen) atoms. The van der Waals surface area contributed by atoms with Crippen LogP contribution in [0.2, 0.25) is 0 Å². The average molecular weight is 271 g/mol. The van der Waals surface area contributed by atoms with Gasteiger partial charge in [0.15, 0.2) is 0 Å². The van der Waals surface area contributed by atoms with Crippen LogP contribution in [0.5, 0.6) is 5.75 Å². The number of aromatic hydroxyl groups is 1. The van der Waals surface area contributed by atoms with Crippen molar-refractivity contribution in [2.45, 2.75) is 6.42 Å². The van der Waals surface area contributed by atoms with E-state index in [1.54, 1.807) is 30.3 Å². The predicted molar refractivity (Wildman–Crippen MR) is 73.7 cm³/mol. The van der Waals surface area contributed by atoms with Crippen molar-refractivity contribution in [3.63, 3.8) is 0 Å². The fraction of sp³-hybridized carbons (Fsp3) is 0.200. The number of benzene rings is 2. The number of anilines is 1. The number of carbonyl (C=O) groups excluding carboxylic acids is 1. The van der Waals surface area contributed by atoms with Crippen LogP contribution in [0.25, 0.3) is 10.8 Å². The molecule has 1 unspecified atom stereocenters. The van der Waals surface area contributed by atoms with Crippen molar-refractivity contribution in [1.82, 2.24) is 0 Å². The summed E-state index contributed by atoms with van der Waals surface area (Å²) in [6.07, 6.45) is 0.0184. The van der Waals surface area contributed by atoms with Crippen molar-refractivity contribution in [3.8, 4) is 5.75 Å². The van der Waals surface area contributed by atoms with Crippen molar-refractivity contribution >= 4 is 28.3 Å². The highest BCUT2D eigenvalue weighted by Crippen LogP contribution is 2.34. The zero-order valence-electron chi connectivity index (χ0n) is 10.6.